The Morgan fingerprint density at radius 2 is 1.40 bits per heavy atom. The summed E-state index contributed by atoms with van der Waals surface area (Å²) < 4.78 is 39.9. The van der Waals surface area contributed by atoms with Crippen LogP contribution in [0.15, 0.2) is 0 Å². The minimum absolute atomic E-state index is 0.198. The van der Waals surface area contributed by atoms with Crippen LogP contribution in [0.2, 0.25) is 0 Å². The fourth-order valence-electron chi connectivity index (χ4n) is 2.24. The van der Waals surface area contributed by atoms with Crippen molar-refractivity contribution in [3.05, 3.63) is 0 Å². The molecule has 0 N–H and O–H groups in total. The highest BCUT2D eigenvalue weighted by molar-refractivity contribution is 4.80. The van der Waals surface area contributed by atoms with Gasteiger partial charge < -0.3 is 0 Å². The lowest BCUT2D eigenvalue weighted by molar-refractivity contribution is -0.346. The predicted octanol–water partition coefficient (Wildman–Crippen LogP) is 4.13. The number of hydrogen-bond donors (Lipinski definition) is 0. The molecule has 1 nitrogen and oxygen atoms in total. The van der Waals surface area contributed by atoms with E-state index in [0.29, 0.717) is 18.8 Å². The third-order valence-corrected chi connectivity index (χ3v) is 3.20. The van der Waals surface area contributed by atoms with E-state index < -0.39 is 12.5 Å². The largest absolute Gasteiger partial charge is 0.522 e. The molecule has 0 amide bonds. The van der Waals surface area contributed by atoms with Crippen LogP contribution in [-0.2, 0) is 4.74 Å². The molecule has 0 aromatic rings. The number of hydrogen-bond acceptors (Lipinski definition) is 1. The van der Waals surface area contributed by atoms with Crippen molar-refractivity contribution in [3.63, 3.8) is 0 Å². The third-order valence-electron chi connectivity index (χ3n) is 3.20. The predicted molar refractivity (Wildman–Crippen MR) is 52.3 cm³/mol. The average Bonchev–Trinajstić information content (AvgIpc) is 2.00. The number of ether oxygens (including phenoxy) is 1. The van der Waals surface area contributed by atoms with Gasteiger partial charge in [0.2, 0.25) is 0 Å². The Labute approximate surface area is 89.0 Å². The number of alkyl halides is 3. The molecule has 1 fully saturated rings. The van der Waals surface area contributed by atoms with Crippen LogP contribution < -0.4 is 0 Å². The SMILES string of the molecule is CC(C)(C)C1CCC(OC(F)(F)F)CC1. The molecule has 90 valence electrons. The van der Waals surface area contributed by atoms with E-state index in [1.807, 2.05) is 0 Å². The van der Waals surface area contributed by atoms with Crippen molar-refractivity contribution in [2.24, 2.45) is 11.3 Å². The quantitative estimate of drug-likeness (QED) is 0.650. The van der Waals surface area contributed by atoms with Gasteiger partial charge in [-0.15, -0.1) is 13.2 Å². The Kier molecular flexibility index (Phi) is 3.69. The summed E-state index contributed by atoms with van der Waals surface area (Å²) in [6.45, 7) is 6.42. The summed E-state index contributed by atoms with van der Waals surface area (Å²) in [5.41, 5.74) is 0.198. The number of rotatable bonds is 1. The van der Waals surface area contributed by atoms with Crippen LogP contribution in [0.4, 0.5) is 13.2 Å². The smallest absolute Gasteiger partial charge is 0.289 e. The molecule has 4 heteroatoms. The summed E-state index contributed by atoms with van der Waals surface area (Å²) in [6, 6.07) is 0. The minimum Gasteiger partial charge on any atom is -0.289 e. The molecule has 1 aliphatic rings. The van der Waals surface area contributed by atoms with Crippen LogP contribution in [0.25, 0.3) is 0 Å². The van der Waals surface area contributed by atoms with Gasteiger partial charge in [0.25, 0.3) is 0 Å². The van der Waals surface area contributed by atoms with Crippen molar-refractivity contribution in [2.75, 3.05) is 0 Å². The van der Waals surface area contributed by atoms with E-state index in [1.54, 1.807) is 0 Å². The summed E-state index contributed by atoms with van der Waals surface area (Å²) in [5, 5.41) is 0. The highest BCUT2D eigenvalue weighted by Gasteiger charge is 2.37. The Bertz CT molecular complexity index is 197. The van der Waals surface area contributed by atoms with Gasteiger partial charge in [-0.1, -0.05) is 20.8 Å². The normalized spacial score (nSPS) is 29.2. The molecule has 15 heavy (non-hydrogen) atoms. The van der Waals surface area contributed by atoms with E-state index in [-0.39, 0.29) is 5.41 Å². The maximum atomic E-state index is 11.9. The number of halogens is 3. The molecule has 0 unspecified atom stereocenters. The standard InChI is InChI=1S/C11H19F3O/c1-10(2,3)8-4-6-9(7-5-8)15-11(12,13)14/h8-9H,4-7H2,1-3H3. The topological polar surface area (TPSA) is 9.23 Å². The Morgan fingerprint density at radius 1 is 0.933 bits per heavy atom. The van der Waals surface area contributed by atoms with E-state index in [4.69, 9.17) is 0 Å². The van der Waals surface area contributed by atoms with Gasteiger partial charge >= 0.3 is 6.36 Å². The summed E-state index contributed by atoms with van der Waals surface area (Å²) in [7, 11) is 0. The van der Waals surface area contributed by atoms with E-state index >= 15 is 0 Å². The Morgan fingerprint density at radius 3 is 1.73 bits per heavy atom. The highest BCUT2D eigenvalue weighted by atomic mass is 19.4. The van der Waals surface area contributed by atoms with Gasteiger partial charge in [-0.25, -0.2) is 0 Å². The molecule has 0 bridgehead atoms. The Balaban J connectivity index is 2.37. The monoisotopic (exact) mass is 224 g/mol. The van der Waals surface area contributed by atoms with Crippen LogP contribution in [0.1, 0.15) is 46.5 Å². The van der Waals surface area contributed by atoms with Gasteiger partial charge in [-0.05, 0) is 37.0 Å². The fourth-order valence-corrected chi connectivity index (χ4v) is 2.24. The maximum Gasteiger partial charge on any atom is 0.522 e. The summed E-state index contributed by atoms with van der Waals surface area (Å²) >= 11 is 0. The van der Waals surface area contributed by atoms with Crippen molar-refractivity contribution in [3.8, 4) is 0 Å². The molecule has 0 atom stereocenters. The van der Waals surface area contributed by atoms with Crippen molar-refractivity contribution < 1.29 is 17.9 Å². The minimum atomic E-state index is -4.47. The maximum absolute atomic E-state index is 11.9. The zero-order chi connectivity index (χ0) is 11.7. The van der Waals surface area contributed by atoms with E-state index in [1.165, 1.54) is 0 Å². The lowest BCUT2D eigenvalue weighted by atomic mass is 9.72. The molecule has 1 rings (SSSR count). The van der Waals surface area contributed by atoms with Gasteiger partial charge in [0.05, 0.1) is 6.10 Å². The van der Waals surface area contributed by atoms with Crippen molar-refractivity contribution in [1.29, 1.82) is 0 Å². The van der Waals surface area contributed by atoms with E-state index in [2.05, 4.69) is 25.5 Å². The first-order chi connectivity index (χ1) is 6.68. The fraction of sp³-hybridized carbons (Fsp3) is 1.00. The van der Waals surface area contributed by atoms with Gasteiger partial charge in [0.1, 0.15) is 0 Å². The van der Waals surface area contributed by atoms with Crippen molar-refractivity contribution >= 4 is 0 Å². The summed E-state index contributed by atoms with van der Waals surface area (Å²) in [5.74, 6) is 0.519. The molecule has 0 spiro atoms. The van der Waals surface area contributed by atoms with Crippen LogP contribution in [0.5, 0.6) is 0 Å². The average molecular weight is 224 g/mol. The van der Waals surface area contributed by atoms with E-state index in [0.717, 1.165) is 12.8 Å². The first-order valence-corrected chi connectivity index (χ1v) is 5.43. The lowest BCUT2D eigenvalue weighted by Crippen LogP contribution is -2.32. The summed E-state index contributed by atoms with van der Waals surface area (Å²) in [6.07, 6.45) is -2.36. The van der Waals surface area contributed by atoms with E-state index in [9.17, 15) is 13.2 Å². The van der Waals surface area contributed by atoms with Crippen LogP contribution >= 0.6 is 0 Å². The first-order valence-electron chi connectivity index (χ1n) is 5.43. The zero-order valence-electron chi connectivity index (χ0n) is 9.53. The molecule has 0 radical (unpaired) electrons. The second kappa shape index (κ2) is 4.32. The summed E-state index contributed by atoms with van der Waals surface area (Å²) in [4.78, 5) is 0. The van der Waals surface area contributed by atoms with Gasteiger partial charge in [-0.3, -0.25) is 4.74 Å². The Hall–Kier alpha value is -0.250. The van der Waals surface area contributed by atoms with Crippen LogP contribution in [0.3, 0.4) is 0 Å². The zero-order valence-corrected chi connectivity index (χ0v) is 9.53. The van der Waals surface area contributed by atoms with Crippen LogP contribution in [-0.4, -0.2) is 12.5 Å². The van der Waals surface area contributed by atoms with Crippen molar-refractivity contribution in [1.82, 2.24) is 0 Å². The third kappa shape index (κ3) is 4.41. The first kappa shape index (κ1) is 12.8. The lowest BCUT2D eigenvalue weighted by Gasteiger charge is -2.36. The molecule has 1 aliphatic carbocycles. The van der Waals surface area contributed by atoms with Gasteiger partial charge in [-0.2, -0.15) is 0 Å². The molecule has 1 saturated carbocycles. The molecule has 0 heterocycles. The highest BCUT2D eigenvalue weighted by Crippen LogP contribution is 2.39. The molecule has 0 saturated heterocycles. The van der Waals surface area contributed by atoms with Gasteiger partial charge in [0.15, 0.2) is 0 Å². The molecule has 0 aliphatic heterocycles. The molecular formula is C11H19F3O. The molecule has 0 aromatic carbocycles. The second-order valence-corrected chi connectivity index (χ2v) is 5.40. The van der Waals surface area contributed by atoms with Gasteiger partial charge in [0, 0.05) is 0 Å². The molecular weight excluding hydrogens is 205 g/mol. The van der Waals surface area contributed by atoms with Crippen molar-refractivity contribution in [2.45, 2.75) is 58.9 Å². The molecule has 0 aromatic heterocycles. The van der Waals surface area contributed by atoms with Crippen LogP contribution in [0, 0.1) is 11.3 Å². The second-order valence-electron chi connectivity index (χ2n) is 5.40.